The Morgan fingerprint density at radius 1 is 1.38 bits per heavy atom. The smallest absolute Gasteiger partial charge is 0.223 e. The van der Waals surface area contributed by atoms with E-state index in [4.69, 9.17) is 16.0 Å². The van der Waals surface area contributed by atoms with E-state index in [-0.39, 0.29) is 5.28 Å². The summed E-state index contributed by atoms with van der Waals surface area (Å²) >= 11 is 7.51. The quantitative estimate of drug-likeness (QED) is 0.615. The highest BCUT2D eigenvalue weighted by Gasteiger charge is 2.13. The van der Waals surface area contributed by atoms with Gasteiger partial charge < -0.3 is 4.42 Å². The molecule has 0 saturated carbocycles. The molecule has 5 heteroatoms. The van der Waals surface area contributed by atoms with Gasteiger partial charge in [0, 0.05) is 0 Å². The number of hydrogen-bond donors (Lipinski definition) is 0. The molecule has 0 N–H and O–H groups in total. The summed E-state index contributed by atoms with van der Waals surface area (Å²) in [6.07, 6.45) is 1.62. The molecule has 16 heavy (non-hydrogen) atoms. The zero-order valence-corrected chi connectivity index (χ0v) is 9.97. The Hall–Kier alpha value is -1.39. The van der Waals surface area contributed by atoms with Crippen LogP contribution in [0.2, 0.25) is 5.28 Å². The van der Waals surface area contributed by atoms with Gasteiger partial charge in [-0.1, -0.05) is 0 Å². The Labute approximate surface area is 101 Å². The molecule has 0 bridgehead atoms. The lowest BCUT2D eigenvalue weighted by atomic mass is 10.2. The largest absolute Gasteiger partial charge is 0.463 e. The van der Waals surface area contributed by atoms with E-state index < -0.39 is 0 Å². The minimum atomic E-state index is 0.250. The predicted octanol–water partition coefficient (Wildman–Crippen LogP) is 3.91. The molecule has 0 aromatic carbocycles. The van der Waals surface area contributed by atoms with Crippen LogP contribution in [-0.2, 0) is 0 Å². The van der Waals surface area contributed by atoms with Crippen LogP contribution in [0.5, 0.6) is 0 Å². The lowest BCUT2D eigenvalue weighted by Crippen LogP contribution is -1.87. The van der Waals surface area contributed by atoms with Crippen molar-refractivity contribution in [2.45, 2.75) is 6.92 Å². The van der Waals surface area contributed by atoms with Crippen molar-refractivity contribution in [3.05, 3.63) is 34.6 Å². The molecule has 3 nitrogen and oxygen atoms in total. The van der Waals surface area contributed by atoms with Crippen LogP contribution >= 0.6 is 22.9 Å². The van der Waals surface area contributed by atoms with E-state index in [0.717, 1.165) is 27.2 Å². The van der Waals surface area contributed by atoms with Crippen molar-refractivity contribution < 1.29 is 4.42 Å². The van der Waals surface area contributed by atoms with Crippen LogP contribution in [0, 0.1) is 6.92 Å². The van der Waals surface area contributed by atoms with Gasteiger partial charge in [0.15, 0.2) is 5.76 Å². The molecule has 0 unspecified atom stereocenters. The number of aromatic nitrogens is 2. The molecule has 0 aliphatic carbocycles. The third-order valence-electron chi connectivity index (χ3n) is 2.32. The normalized spacial score (nSPS) is 11.1. The van der Waals surface area contributed by atoms with Gasteiger partial charge in [0.2, 0.25) is 5.28 Å². The van der Waals surface area contributed by atoms with Crippen LogP contribution in [0.3, 0.4) is 0 Å². The second kappa shape index (κ2) is 3.57. The molecule has 0 spiro atoms. The fourth-order valence-corrected chi connectivity index (χ4v) is 2.74. The Bertz CT molecular complexity index is 645. The van der Waals surface area contributed by atoms with E-state index in [0.29, 0.717) is 0 Å². The SMILES string of the molecule is Cc1csc2c(-c3ccco3)nc(Cl)nc12. The van der Waals surface area contributed by atoms with Gasteiger partial charge in [-0.15, -0.1) is 11.3 Å². The van der Waals surface area contributed by atoms with Crippen LogP contribution in [0.25, 0.3) is 21.7 Å². The second-order valence-corrected chi connectivity index (χ2v) is 4.63. The minimum absolute atomic E-state index is 0.250. The molecule has 3 aromatic rings. The van der Waals surface area contributed by atoms with Crippen molar-refractivity contribution in [1.29, 1.82) is 0 Å². The number of thiophene rings is 1. The standard InChI is InChI=1S/C11H7ClN2OS/c1-6-5-16-10-8(6)13-11(12)14-9(10)7-3-2-4-15-7/h2-5H,1H3. The maximum absolute atomic E-state index is 5.91. The maximum atomic E-state index is 5.91. The maximum Gasteiger partial charge on any atom is 0.223 e. The Morgan fingerprint density at radius 3 is 3.00 bits per heavy atom. The summed E-state index contributed by atoms with van der Waals surface area (Å²) in [6, 6.07) is 3.70. The summed E-state index contributed by atoms with van der Waals surface area (Å²) in [7, 11) is 0. The number of rotatable bonds is 1. The molecule has 0 atom stereocenters. The number of nitrogens with zero attached hydrogens (tertiary/aromatic N) is 2. The summed E-state index contributed by atoms with van der Waals surface area (Å²) in [6.45, 7) is 2.01. The van der Waals surface area contributed by atoms with E-state index >= 15 is 0 Å². The highest BCUT2D eigenvalue weighted by molar-refractivity contribution is 7.17. The van der Waals surface area contributed by atoms with Gasteiger partial charge in [0.25, 0.3) is 0 Å². The number of halogens is 1. The van der Waals surface area contributed by atoms with Crippen molar-refractivity contribution in [2.24, 2.45) is 0 Å². The van der Waals surface area contributed by atoms with Crippen molar-refractivity contribution in [1.82, 2.24) is 9.97 Å². The topological polar surface area (TPSA) is 38.9 Å². The molecule has 0 radical (unpaired) electrons. The van der Waals surface area contributed by atoms with E-state index in [1.807, 2.05) is 24.4 Å². The predicted molar refractivity (Wildman–Crippen MR) is 64.9 cm³/mol. The average molecular weight is 251 g/mol. The van der Waals surface area contributed by atoms with Crippen LogP contribution in [0.15, 0.2) is 28.2 Å². The zero-order chi connectivity index (χ0) is 11.1. The first-order valence-corrected chi connectivity index (χ1v) is 5.96. The average Bonchev–Trinajstić information content (AvgIpc) is 2.88. The van der Waals surface area contributed by atoms with E-state index in [2.05, 4.69) is 9.97 Å². The summed E-state index contributed by atoms with van der Waals surface area (Å²) < 4.78 is 6.36. The van der Waals surface area contributed by atoms with Gasteiger partial charge in [0.1, 0.15) is 5.69 Å². The van der Waals surface area contributed by atoms with E-state index in [9.17, 15) is 0 Å². The lowest BCUT2D eigenvalue weighted by Gasteiger charge is -1.99. The molecule has 0 aliphatic rings. The first kappa shape index (κ1) is 9.81. The van der Waals surface area contributed by atoms with Crippen LogP contribution in [-0.4, -0.2) is 9.97 Å². The first-order chi connectivity index (χ1) is 7.75. The Morgan fingerprint density at radius 2 is 2.25 bits per heavy atom. The molecular weight excluding hydrogens is 244 g/mol. The van der Waals surface area contributed by atoms with Gasteiger partial charge in [-0.2, -0.15) is 0 Å². The molecule has 3 rings (SSSR count). The molecule has 0 saturated heterocycles. The number of furan rings is 1. The summed E-state index contributed by atoms with van der Waals surface area (Å²) in [5, 5.41) is 2.29. The number of aryl methyl sites for hydroxylation is 1. The van der Waals surface area contributed by atoms with Gasteiger partial charge in [-0.05, 0) is 41.6 Å². The highest BCUT2D eigenvalue weighted by atomic mass is 35.5. The van der Waals surface area contributed by atoms with Crippen molar-refractivity contribution in [2.75, 3.05) is 0 Å². The molecule has 0 aliphatic heterocycles. The van der Waals surface area contributed by atoms with Gasteiger partial charge in [0.05, 0.1) is 16.5 Å². The summed E-state index contributed by atoms with van der Waals surface area (Å²) in [4.78, 5) is 8.46. The fraction of sp³-hybridized carbons (Fsp3) is 0.0909. The van der Waals surface area contributed by atoms with Crippen LogP contribution in [0.4, 0.5) is 0 Å². The molecule has 3 aromatic heterocycles. The fourth-order valence-electron chi connectivity index (χ4n) is 1.59. The summed E-state index contributed by atoms with van der Waals surface area (Å²) in [5.41, 5.74) is 2.77. The highest BCUT2D eigenvalue weighted by Crippen LogP contribution is 2.33. The van der Waals surface area contributed by atoms with Crippen LogP contribution in [0.1, 0.15) is 5.56 Å². The third-order valence-corrected chi connectivity index (χ3v) is 3.58. The monoisotopic (exact) mass is 250 g/mol. The van der Waals surface area contributed by atoms with Gasteiger partial charge >= 0.3 is 0 Å². The van der Waals surface area contributed by atoms with E-state index in [1.54, 1.807) is 17.6 Å². The van der Waals surface area contributed by atoms with Crippen molar-refractivity contribution in [3.63, 3.8) is 0 Å². The van der Waals surface area contributed by atoms with Crippen molar-refractivity contribution in [3.8, 4) is 11.5 Å². The first-order valence-electron chi connectivity index (χ1n) is 4.71. The number of hydrogen-bond acceptors (Lipinski definition) is 4. The second-order valence-electron chi connectivity index (χ2n) is 3.41. The third kappa shape index (κ3) is 1.42. The number of fused-ring (bicyclic) bond motifs is 1. The Kier molecular flexibility index (Phi) is 2.19. The zero-order valence-electron chi connectivity index (χ0n) is 8.40. The van der Waals surface area contributed by atoms with Crippen LogP contribution < -0.4 is 0 Å². The van der Waals surface area contributed by atoms with Crippen molar-refractivity contribution >= 4 is 33.2 Å². The molecule has 80 valence electrons. The summed E-state index contributed by atoms with van der Waals surface area (Å²) in [5.74, 6) is 0.719. The molecule has 0 amide bonds. The van der Waals surface area contributed by atoms with Gasteiger partial charge in [-0.25, -0.2) is 9.97 Å². The van der Waals surface area contributed by atoms with Gasteiger partial charge in [-0.3, -0.25) is 0 Å². The minimum Gasteiger partial charge on any atom is -0.463 e. The molecular formula is C11H7ClN2OS. The lowest BCUT2D eigenvalue weighted by molar-refractivity contribution is 0.580. The van der Waals surface area contributed by atoms with E-state index in [1.165, 1.54) is 0 Å². The molecule has 3 heterocycles. The molecule has 0 fully saturated rings. The Balaban J connectivity index is 2.39.